The van der Waals surface area contributed by atoms with Crippen molar-refractivity contribution in [1.29, 1.82) is 0 Å². The zero-order chi connectivity index (χ0) is 13.3. The first-order valence-corrected chi connectivity index (χ1v) is 7.26. The standard InChI is InChI=1S/C18H26.2H2/c1-12-6-8-17(9-7-12)16(5)18-10-13(2)15(4)14(3)11-18;;/h10-12,17H,5-9H2,1-4H3;2*1H. The fraction of sp³-hybridized carbons (Fsp3) is 0.556. The molecule has 0 amide bonds. The van der Waals surface area contributed by atoms with Gasteiger partial charge in [0.2, 0.25) is 0 Å². The summed E-state index contributed by atoms with van der Waals surface area (Å²) in [7, 11) is 0. The fourth-order valence-electron chi connectivity index (χ4n) is 3.07. The molecule has 0 saturated heterocycles. The van der Waals surface area contributed by atoms with Crippen molar-refractivity contribution < 1.29 is 2.85 Å². The molecule has 0 unspecified atom stereocenters. The predicted molar refractivity (Wildman–Crippen MR) is 85.0 cm³/mol. The number of benzene rings is 1. The van der Waals surface area contributed by atoms with Crippen LogP contribution in [0.2, 0.25) is 0 Å². The van der Waals surface area contributed by atoms with E-state index in [9.17, 15) is 0 Å². The van der Waals surface area contributed by atoms with Crippen molar-refractivity contribution in [1.82, 2.24) is 0 Å². The molecule has 0 aromatic heterocycles. The lowest BCUT2D eigenvalue weighted by molar-refractivity contribution is 0.337. The summed E-state index contributed by atoms with van der Waals surface area (Å²) in [5.41, 5.74) is 6.96. The first-order chi connectivity index (χ1) is 8.49. The van der Waals surface area contributed by atoms with Gasteiger partial charge in [-0.25, -0.2) is 0 Å². The summed E-state index contributed by atoms with van der Waals surface area (Å²) in [6.07, 6.45) is 5.39. The fourth-order valence-corrected chi connectivity index (χ4v) is 3.07. The Balaban J connectivity index is 0.00000180. The largest absolute Gasteiger partial charge is 0.0950 e. The first kappa shape index (κ1) is 13.4. The Morgan fingerprint density at radius 3 is 2.06 bits per heavy atom. The third-order valence-corrected chi connectivity index (χ3v) is 4.81. The molecule has 0 spiro atoms. The Bertz CT molecular complexity index is 431. The van der Waals surface area contributed by atoms with Crippen LogP contribution in [0.1, 0.15) is 57.7 Å². The van der Waals surface area contributed by atoms with Gasteiger partial charge in [0.05, 0.1) is 0 Å². The van der Waals surface area contributed by atoms with Crippen molar-refractivity contribution in [2.45, 2.75) is 53.4 Å². The topological polar surface area (TPSA) is 0 Å². The van der Waals surface area contributed by atoms with E-state index in [4.69, 9.17) is 0 Å². The molecule has 0 atom stereocenters. The van der Waals surface area contributed by atoms with E-state index in [1.165, 1.54) is 53.5 Å². The third kappa shape index (κ3) is 2.68. The molecule has 0 bridgehead atoms. The first-order valence-electron chi connectivity index (χ1n) is 7.26. The van der Waals surface area contributed by atoms with Crippen LogP contribution >= 0.6 is 0 Å². The summed E-state index contributed by atoms with van der Waals surface area (Å²) < 4.78 is 0. The SMILES string of the molecule is C=C(c1cc(C)c(C)c(C)c1)C1CCC(C)CC1.[HH].[HH]. The summed E-state index contributed by atoms with van der Waals surface area (Å²) in [5, 5.41) is 0. The van der Waals surface area contributed by atoms with Gasteiger partial charge in [0, 0.05) is 2.85 Å². The second-order valence-electron chi connectivity index (χ2n) is 6.22. The van der Waals surface area contributed by atoms with Crippen molar-refractivity contribution in [3.8, 4) is 0 Å². The predicted octanol–water partition coefficient (Wildman–Crippen LogP) is 5.94. The third-order valence-electron chi connectivity index (χ3n) is 4.81. The molecule has 1 saturated carbocycles. The van der Waals surface area contributed by atoms with Gasteiger partial charge in [-0.2, -0.15) is 0 Å². The maximum atomic E-state index is 4.39. The van der Waals surface area contributed by atoms with Crippen molar-refractivity contribution in [2.75, 3.05) is 0 Å². The van der Waals surface area contributed by atoms with Gasteiger partial charge >= 0.3 is 0 Å². The summed E-state index contributed by atoms with van der Waals surface area (Å²) in [4.78, 5) is 0. The molecule has 1 aromatic carbocycles. The zero-order valence-corrected chi connectivity index (χ0v) is 12.3. The Hall–Kier alpha value is -1.04. The van der Waals surface area contributed by atoms with Gasteiger partial charge in [-0.1, -0.05) is 38.5 Å². The van der Waals surface area contributed by atoms with E-state index in [0.717, 1.165) is 5.92 Å². The molecule has 0 radical (unpaired) electrons. The lowest BCUT2D eigenvalue weighted by Crippen LogP contribution is -2.13. The molecule has 2 rings (SSSR count). The minimum atomic E-state index is 0. The van der Waals surface area contributed by atoms with Gasteiger partial charge in [-0.05, 0) is 73.3 Å². The highest BCUT2D eigenvalue weighted by Gasteiger charge is 2.21. The molecule has 102 valence electrons. The molecule has 1 fully saturated rings. The highest BCUT2D eigenvalue weighted by atomic mass is 14.3. The van der Waals surface area contributed by atoms with Crippen LogP contribution in [0.15, 0.2) is 18.7 Å². The van der Waals surface area contributed by atoms with Crippen molar-refractivity contribution in [3.05, 3.63) is 41.0 Å². The van der Waals surface area contributed by atoms with E-state index in [-0.39, 0.29) is 2.85 Å². The van der Waals surface area contributed by atoms with Crippen LogP contribution in [0, 0.1) is 32.6 Å². The van der Waals surface area contributed by atoms with Gasteiger partial charge in [0.1, 0.15) is 0 Å². The van der Waals surface area contributed by atoms with Crippen LogP contribution in [0.25, 0.3) is 5.57 Å². The van der Waals surface area contributed by atoms with Crippen LogP contribution in [-0.4, -0.2) is 0 Å². The average Bonchev–Trinajstić information content (AvgIpc) is 2.35. The maximum Gasteiger partial charge on any atom is 0 e. The number of aryl methyl sites for hydroxylation is 2. The summed E-state index contributed by atoms with van der Waals surface area (Å²) in [6.45, 7) is 13.4. The Morgan fingerprint density at radius 1 is 1.06 bits per heavy atom. The maximum absolute atomic E-state index is 4.39. The molecule has 0 aliphatic heterocycles. The average molecular weight is 246 g/mol. The molecule has 18 heavy (non-hydrogen) atoms. The molecule has 1 aliphatic carbocycles. The number of hydrogen-bond donors (Lipinski definition) is 0. The van der Waals surface area contributed by atoms with E-state index in [0.29, 0.717) is 5.92 Å². The lowest BCUT2D eigenvalue weighted by Gasteiger charge is -2.28. The molecule has 0 heteroatoms. The Labute approximate surface area is 115 Å². The number of rotatable bonds is 2. The monoisotopic (exact) mass is 246 g/mol. The van der Waals surface area contributed by atoms with Crippen LogP contribution in [-0.2, 0) is 0 Å². The van der Waals surface area contributed by atoms with E-state index < -0.39 is 0 Å². The minimum Gasteiger partial charge on any atom is -0.0950 e. The van der Waals surface area contributed by atoms with E-state index in [1.807, 2.05) is 0 Å². The van der Waals surface area contributed by atoms with Crippen molar-refractivity contribution in [3.63, 3.8) is 0 Å². The van der Waals surface area contributed by atoms with Crippen molar-refractivity contribution >= 4 is 5.57 Å². The summed E-state index contributed by atoms with van der Waals surface area (Å²) in [5.74, 6) is 1.62. The molecule has 0 nitrogen and oxygen atoms in total. The van der Waals surface area contributed by atoms with Crippen LogP contribution in [0.5, 0.6) is 0 Å². The molecule has 0 heterocycles. The van der Waals surface area contributed by atoms with Gasteiger partial charge in [0.25, 0.3) is 0 Å². The molecular formula is C18H30. The molecule has 0 N–H and O–H groups in total. The van der Waals surface area contributed by atoms with E-state index >= 15 is 0 Å². The Kier molecular flexibility index (Phi) is 3.94. The number of hydrogen-bond acceptors (Lipinski definition) is 0. The smallest absolute Gasteiger partial charge is 0 e. The van der Waals surface area contributed by atoms with E-state index in [2.05, 4.69) is 46.4 Å². The van der Waals surface area contributed by atoms with Gasteiger partial charge in [0.15, 0.2) is 0 Å². The van der Waals surface area contributed by atoms with Crippen LogP contribution in [0.3, 0.4) is 0 Å². The zero-order valence-electron chi connectivity index (χ0n) is 12.3. The van der Waals surface area contributed by atoms with Crippen LogP contribution < -0.4 is 0 Å². The van der Waals surface area contributed by atoms with Gasteiger partial charge in [-0.3, -0.25) is 0 Å². The summed E-state index contributed by atoms with van der Waals surface area (Å²) >= 11 is 0. The second-order valence-corrected chi connectivity index (χ2v) is 6.22. The van der Waals surface area contributed by atoms with E-state index in [1.54, 1.807) is 0 Å². The molecule has 1 aliphatic rings. The quantitative estimate of drug-likeness (QED) is 0.605. The molecular weight excluding hydrogens is 216 g/mol. The second kappa shape index (κ2) is 5.30. The minimum absolute atomic E-state index is 0. The Morgan fingerprint density at radius 2 is 1.56 bits per heavy atom. The summed E-state index contributed by atoms with van der Waals surface area (Å²) in [6, 6.07) is 4.64. The van der Waals surface area contributed by atoms with Gasteiger partial charge < -0.3 is 0 Å². The molecule has 1 aromatic rings. The van der Waals surface area contributed by atoms with Crippen LogP contribution in [0.4, 0.5) is 0 Å². The van der Waals surface area contributed by atoms with Crippen molar-refractivity contribution in [2.24, 2.45) is 11.8 Å². The lowest BCUT2D eigenvalue weighted by atomic mass is 9.77. The number of allylic oxidation sites excluding steroid dienone is 1. The normalized spacial score (nSPS) is 24.0. The highest BCUT2D eigenvalue weighted by molar-refractivity contribution is 5.67. The van der Waals surface area contributed by atoms with Gasteiger partial charge in [-0.15, -0.1) is 0 Å². The highest BCUT2D eigenvalue weighted by Crippen LogP contribution is 2.37.